The fourth-order valence-corrected chi connectivity index (χ4v) is 3.62. The zero-order valence-corrected chi connectivity index (χ0v) is 9.86. The third kappa shape index (κ3) is 2.23. The third-order valence-corrected chi connectivity index (χ3v) is 5.06. The van der Waals surface area contributed by atoms with Crippen LogP contribution in [-0.2, 0) is 10.0 Å². The van der Waals surface area contributed by atoms with Crippen LogP contribution in [0.4, 0.5) is 0 Å². The fourth-order valence-electron chi connectivity index (χ4n) is 0.984. The summed E-state index contributed by atoms with van der Waals surface area (Å²) < 4.78 is 25.3. The maximum absolute atomic E-state index is 11.8. The van der Waals surface area contributed by atoms with Crippen LogP contribution < -0.4 is 0 Å². The maximum atomic E-state index is 11.8. The molecule has 0 atom stereocenters. The smallest absolute Gasteiger partial charge is 0.206 e. The molecule has 0 aliphatic heterocycles. The van der Waals surface area contributed by atoms with E-state index < -0.39 is 10.0 Å². The maximum Gasteiger partial charge on any atom is 0.252 e. The Balaban J connectivity index is 3.02. The molecule has 0 aliphatic rings. The van der Waals surface area contributed by atoms with E-state index in [1.54, 1.807) is 25.3 Å². The second-order valence-electron chi connectivity index (χ2n) is 2.94. The summed E-state index contributed by atoms with van der Waals surface area (Å²) in [5, 5.41) is 0. The van der Waals surface area contributed by atoms with Crippen LogP contribution in [-0.4, -0.2) is 26.3 Å². The summed E-state index contributed by atoms with van der Waals surface area (Å²) in [5.41, 5.74) is 0. The number of hydrogen-bond donors (Lipinski definition) is 0. The molecule has 1 heterocycles. The van der Waals surface area contributed by atoms with Crippen molar-refractivity contribution >= 4 is 21.4 Å². The minimum atomic E-state index is -3.30. The highest BCUT2D eigenvalue weighted by molar-refractivity contribution is 7.91. The molecule has 5 heteroatoms. The molecule has 0 aliphatic carbocycles. The number of thiophene rings is 1. The number of rotatable bonds is 4. The first-order valence-corrected chi connectivity index (χ1v) is 6.38. The average Bonchev–Trinajstić information content (AvgIpc) is 2.52. The molecule has 0 fully saturated rings. The second-order valence-corrected chi connectivity index (χ2v) is 6.50. The minimum absolute atomic E-state index is 0.333. The van der Waals surface area contributed by atoms with Crippen LogP contribution in [0.5, 0.6) is 0 Å². The summed E-state index contributed by atoms with van der Waals surface area (Å²) in [6, 6.07) is 3.44. The van der Waals surface area contributed by atoms with E-state index >= 15 is 0 Å². The van der Waals surface area contributed by atoms with Gasteiger partial charge in [-0.2, -0.15) is 4.31 Å². The van der Waals surface area contributed by atoms with Gasteiger partial charge in [0.05, 0.1) is 0 Å². The summed E-state index contributed by atoms with van der Waals surface area (Å²) in [5.74, 6) is 0. The number of sulfonamides is 1. The van der Waals surface area contributed by atoms with Crippen molar-refractivity contribution in [3.8, 4) is 0 Å². The molecule has 0 aromatic carbocycles. The van der Waals surface area contributed by atoms with Crippen LogP contribution in [0.3, 0.4) is 0 Å². The lowest BCUT2D eigenvalue weighted by atomic mass is 10.5. The van der Waals surface area contributed by atoms with E-state index in [1.165, 1.54) is 15.6 Å². The Bertz CT molecular complexity index is 420. The van der Waals surface area contributed by atoms with Gasteiger partial charge in [0.2, 0.25) is 0 Å². The summed E-state index contributed by atoms with van der Waals surface area (Å²) >= 11 is 1.28. The molecule has 1 aromatic heterocycles. The monoisotopic (exact) mass is 231 g/mol. The SMILES string of the molecule is C=CCN(C)S(=O)(=O)c1ccc(C)s1. The minimum Gasteiger partial charge on any atom is -0.206 e. The zero-order chi connectivity index (χ0) is 10.8. The predicted octanol–water partition coefficient (Wildman–Crippen LogP) is 1.86. The van der Waals surface area contributed by atoms with Crippen LogP contribution in [0.15, 0.2) is 29.0 Å². The first-order chi connectivity index (χ1) is 6.48. The van der Waals surface area contributed by atoms with Gasteiger partial charge >= 0.3 is 0 Å². The van der Waals surface area contributed by atoms with Gasteiger partial charge < -0.3 is 0 Å². The summed E-state index contributed by atoms with van der Waals surface area (Å²) in [6.07, 6.45) is 1.57. The van der Waals surface area contributed by atoms with Crippen molar-refractivity contribution in [3.05, 3.63) is 29.7 Å². The van der Waals surface area contributed by atoms with Gasteiger partial charge in [-0.3, -0.25) is 0 Å². The van der Waals surface area contributed by atoms with Crippen LogP contribution in [0.25, 0.3) is 0 Å². The van der Waals surface area contributed by atoms with Gasteiger partial charge in [-0.05, 0) is 19.1 Å². The van der Waals surface area contributed by atoms with E-state index in [0.717, 1.165) is 4.88 Å². The van der Waals surface area contributed by atoms with Crippen molar-refractivity contribution < 1.29 is 8.42 Å². The first-order valence-electron chi connectivity index (χ1n) is 4.12. The molecule has 78 valence electrons. The standard InChI is InChI=1S/C9H13NO2S2/c1-4-7-10(3)14(11,12)9-6-5-8(2)13-9/h4-6H,1,7H2,2-3H3. The molecule has 0 bridgehead atoms. The van der Waals surface area contributed by atoms with E-state index in [-0.39, 0.29) is 0 Å². The molecule has 0 N–H and O–H groups in total. The highest BCUT2D eigenvalue weighted by atomic mass is 32.2. The molecule has 0 radical (unpaired) electrons. The number of hydrogen-bond acceptors (Lipinski definition) is 3. The van der Waals surface area contributed by atoms with Gasteiger partial charge in [0.1, 0.15) is 4.21 Å². The Hall–Kier alpha value is -0.650. The first kappa shape index (κ1) is 11.4. The Morgan fingerprint density at radius 3 is 2.64 bits per heavy atom. The molecule has 3 nitrogen and oxygen atoms in total. The lowest BCUT2D eigenvalue weighted by Gasteiger charge is -2.12. The predicted molar refractivity (Wildman–Crippen MR) is 59.1 cm³/mol. The van der Waals surface area contributed by atoms with Gasteiger partial charge in [0.15, 0.2) is 0 Å². The number of nitrogens with zero attached hydrogens (tertiary/aromatic N) is 1. The Kier molecular flexibility index (Phi) is 3.47. The van der Waals surface area contributed by atoms with Crippen molar-refractivity contribution in [1.82, 2.24) is 4.31 Å². The van der Waals surface area contributed by atoms with E-state index in [9.17, 15) is 8.42 Å². The highest BCUT2D eigenvalue weighted by Crippen LogP contribution is 2.23. The normalized spacial score (nSPS) is 11.9. The van der Waals surface area contributed by atoms with Crippen molar-refractivity contribution in [3.63, 3.8) is 0 Å². The molecule has 0 spiro atoms. The van der Waals surface area contributed by atoms with Gasteiger partial charge in [-0.25, -0.2) is 8.42 Å². The Labute approximate surface area is 88.7 Å². The lowest BCUT2D eigenvalue weighted by Crippen LogP contribution is -2.26. The fraction of sp³-hybridized carbons (Fsp3) is 0.333. The molecule has 1 aromatic rings. The van der Waals surface area contributed by atoms with Gasteiger partial charge in [0, 0.05) is 18.5 Å². The largest absolute Gasteiger partial charge is 0.252 e. The summed E-state index contributed by atoms with van der Waals surface area (Å²) in [7, 11) is -1.75. The summed E-state index contributed by atoms with van der Waals surface area (Å²) in [4.78, 5) is 0.996. The van der Waals surface area contributed by atoms with E-state index in [4.69, 9.17) is 0 Å². The Morgan fingerprint density at radius 1 is 1.57 bits per heavy atom. The summed E-state index contributed by atoms with van der Waals surface area (Å²) in [6.45, 7) is 5.73. The van der Waals surface area contributed by atoms with Gasteiger partial charge in [-0.15, -0.1) is 17.9 Å². The lowest BCUT2D eigenvalue weighted by molar-refractivity contribution is 0.501. The Morgan fingerprint density at radius 2 is 2.21 bits per heavy atom. The van der Waals surface area contributed by atoms with Crippen molar-refractivity contribution in [2.45, 2.75) is 11.1 Å². The van der Waals surface area contributed by atoms with E-state index in [1.807, 2.05) is 6.92 Å². The van der Waals surface area contributed by atoms with E-state index in [0.29, 0.717) is 10.8 Å². The molecule has 0 saturated heterocycles. The molecule has 1 rings (SSSR count). The van der Waals surface area contributed by atoms with Crippen molar-refractivity contribution in [2.75, 3.05) is 13.6 Å². The van der Waals surface area contributed by atoms with Crippen molar-refractivity contribution in [1.29, 1.82) is 0 Å². The molecule has 14 heavy (non-hydrogen) atoms. The van der Waals surface area contributed by atoms with Crippen LogP contribution >= 0.6 is 11.3 Å². The molecule has 0 saturated carbocycles. The third-order valence-electron chi connectivity index (χ3n) is 1.77. The second kappa shape index (κ2) is 4.25. The average molecular weight is 231 g/mol. The molecule has 0 unspecified atom stereocenters. The van der Waals surface area contributed by atoms with E-state index in [2.05, 4.69) is 6.58 Å². The van der Waals surface area contributed by atoms with Crippen molar-refractivity contribution in [2.24, 2.45) is 0 Å². The van der Waals surface area contributed by atoms with Gasteiger partial charge in [-0.1, -0.05) is 6.08 Å². The number of likely N-dealkylation sites (N-methyl/N-ethyl adjacent to an activating group) is 1. The van der Waals surface area contributed by atoms with Gasteiger partial charge in [0.25, 0.3) is 10.0 Å². The molecule has 0 amide bonds. The zero-order valence-electron chi connectivity index (χ0n) is 8.23. The van der Waals surface area contributed by atoms with Crippen LogP contribution in [0.1, 0.15) is 4.88 Å². The highest BCUT2D eigenvalue weighted by Gasteiger charge is 2.20. The van der Waals surface area contributed by atoms with Crippen LogP contribution in [0.2, 0.25) is 0 Å². The molecular weight excluding hydrogens is 218 g/mol. The quantitative estimate of drug-likeness (QED) is 0.742. The number of aryl methyl sites for hydroxylation is 1. The molecular formula is C9H13NO2S2. The van der Waals surface area contributed by atoms with Crippen LogP contribution in [0, 0.1) is 6.92 Å². The topological polar surface area (TPSA) is 37.4 Å².